The molecule has 2 aliphatic heterocycles. The topological polar surface area (TPSA) is 67.9 Å². The quantitative estimate of drug-likeness (QED) is 0.672. The summed E-state index contributed by atoms with van der Waals surface area (Å²) in [6.07, 6.45) is 0.0276. The number of hydrogen-bond acceptors (Lipinski definition) is 4. The van der Waals surface area contributed by atoms with Gasteiger partial charge in [0.05, 0.1) is 12.5 Å². The zero-order valence-electron chi connectivity index (χ0n) is 16.5. The summed E-state index contributed by atoms with van der Waals surface area (Å²) in [5.41, 5.74) is 2.81. The molecule has 0 saturated carbocycles. The lowest BCUT2D eigenvalue weighted by atomic mass is 10.0. The second kappa shape index (κ2) is 7.75. The summed E-state index contributed by atoms with van der Waals surface area (Å²) in [5, 5.41) is 2.86. The van der Waals surface area contributed by atoms with Gasteiger partial charge in [-0.1, -0.05) is 30.3 Å². The average Bonchev–Trinajstić information content (AvgIpc) is 3.37. The number of amides is 2. The van der Waals surface area contributed by atoms with Gasteiger partial charge >= 0.3 is 0 Å². The van der Waals surface area contributed by atoms with Crippen molar-refractivity contribution in [2.24, 2.45) is 0 Å². The highest BCUT2D eigenvalue weighted by atomic mass is 19.1. The number of benzene rings is 3. The maximum absolute atomic E-state index is 13.5. The molecular formula is C24H19FN2O4. The second-order valence-electron chi connectivity index (χ2n) is 7.48. The summed E-state index contributed by atoms with van der Waals surface area (Å²) in [6.45, 7) is 0.547. The zero-order valence-corrected chi connectivity index (χ0v) is 16.5. The number of ether oxygens (including phenoxy) is 2. The number of carbonyl (C=O) groups excluding carboxylic acids is 2. The Hall–Kier alpha value is -3.87. The van der Waals surface area contributed by atoms with Crippen molar-refractivity contribution in [2.45, 2.75) is 19.0 Å². The molecule has 0 aliphatic carbocycles. The van der Waals surface area contributed by atoms with Gasteiger partial charge in [0.1, 0.15) is 5.82 Å². The van der Waals surface area contributed by atoms with E-state index in [4.69, 9.17) is 9.47 Å². The molecule has 0 fully saturated rings. The van der Waals surface area contributed by atoms with E-state index < -0.39 is 6.04 Å². The molecule has 7 heteroatoms. The van der Waals surface area contributed by atoms with Crippen LogP contribution in [0.25, 0.3) is 0 Å². The van der Waals surface area contributed by atoms with Crippen LogP contribution in [0.2, 0.25) is 0 Å². The Balaban J connectivity index is 1.39. The van der Waals surface area contributed by atoms with Gasteiger partial charge in [0.15, 0.2) is 11.5 Å². The van der Waals surface area contributed by atoms with E-state index in [9.17, 15) is 14.0 Å². The number of hydrogen-bond donors (Lipinski definition) is 1. The molecule has 2 heterocycles. The van der Waals surface area contributed by atoms with E-state index in [1.807, 2.05) is 18.2 Å². The Labute approximate surface area is 178 Å². The molecule has 0 saturated heterocycles. The number of fused-ring (bicyclic) bond motifs is 2. The summed E-state index contributed by atoms with van der Waals surface area (Å²) in [4.78, 5) is 27.6. The Morgan fingerprint density at radius 3 is 2.61 bits per heavy atom. The number of carbonyl (C=O) groups is 2. The number of halogens is 1. The van der Waals surface area contributed by atoms with Crippen molar-refractivity contribution in [3.8, 4) is 11.5 Å². The molecule has 3 aromatic carbocycles. The minimum atomic E-state index is -0.533. The van der Waals surface area contributed by atoms with Crippen LogP contribution >= 0.6 is 0 Å². The highest BCUT2D eigenvalue weighted by Gasteiger charge is 2.34. The molecule has 0 unspecified atom stereocenters. The summed E-state index contributed by atoms with van der Waals surface area (Å²) < 4.78 is 24.1. The van der Waals surface area contributed by atoms with Gasteiger partial charge in [-0.2, -0.15) is 0 Å². The fourth-order valence-electron chi connectivity index (χ4n) is 3.98. The fraction of sp³-hybridized carbons (Fsp3) is 0.167. The van der Waals surface area contributed by atoms with Crippen LogP contribution in [-0.2, 0) is 11.3 Å². The number of nitrogens with one attached hydrogen (secondary N) is 1. The molecule has 1 atom stereocenters. The summed E-state index contributed by atoms with van der Waals surface area (Å²) >= 11 is 0. The summed E-state index contributed by atoms with van der Waals surface area (Å²) in [6, 6.07) is 17.9. The zero-order chi connectivity index (χ0) is 21.4. The van der Waals surface area contributed by atoms with E-state index in [1.54, 1.807) is 41.3 Å². The van der Waals surface area contributed by atoms with Crippen LogP contribution < -0.4 is 14.8 Å². The molecule has 31 heavy (non-hydrogen) atoms. The van der Waals surface area contributed by atoms with E-state index in [2.05, 4.69) is 5.32 Å². The van der Waals surface area contributed by atoms with E-state index in [1.165, 1.54) is 12.1 Å². The molecule has 0 radical (unpaired) electrons. The first-order chi connectivity index (χ1) is 15.1. The Kier molecular flexibility index (Phi) is 4.78. The fourth-order valence-corrected chi connectivity index (χ4v) is 3.98. The summed E-state index contributed by atoms with van der Waals surface area (Å²) in [7, 11) is 0. The monoisotopic (exact) mass is 418 g/mol. The number of rotatable bonds is 5. The molecule has 0 aromatic heterocycles. The molecule has 0 bridgehead atoms. The van der Waals surface area contributed by atoms with Crippen molar-refractivity contribution in [2.75, 3.05) is 12.1 Å². The normalized spacial score (nSPS) is 15.0. The van der Waals surface area contributed by atoms with Crippen LogP contribution in [0.3, 0.4) is 0 Å². The first kappa shape index (κ1) is 19.1. The maximum atomic E-state index is 13.5. The number of anilines is 1. The van der Waals surface area contributed by atoms with Crippen LogP contribution in [0, 0.1) is 5.82 Å². The minimum Gasteiger partial charge on any atom is -0.454 e. The molecule has 6 nitrogen and oxygen atoms in total. The minimum absolute atomic E-state index is 0.0276. The van der Waals surface area contributed by atoms with Gasteiger partial charge in [-0.25, -0.2) is 4.39 Å². The maximum Gasteiger partial charge on any atom is 0.255 e. The van der Waals surface area contributed by atoms with Gasteiger partial charge < -0.3 is 19.7 Å². The van der Waals surface area contributed by atoms with Gasteiger partial charge in [0, 0.05) is 23.9 Å². The first-order valence-electron chi connectivity index (χ1n) is 9.92. The molecule has 2 aliphatic rings. The molecule has 156 valence electrons. The van der Waals surface area contributed by atoms with E-state index in [0.29, 0.717) is 34.9 Å². The van der Waals surface area contributed by atoms with Crippen molar-refractivity contribution < 1.29 is 23.5 Å². The highest BCUT2D eigenvalue weighted by molar-refractivity contribution is 5.99. The van der Waals surface area contributed by atoms with Crippen molar-refractivity contribution in [3.05, 3.63) is 89.2 Å². The third-order valence-corrected chi connectivity index (χ3v) is 5.52. The average molecular weight is 418 g/mol. The first-order valence-corrected chi connectivity index (χ1v) is 9.92. The van der Waals surface area contributed by atoms with Crippen molar-refractivity contribution in [1.29, 1.82) is 0 Å². The largest absolute Gasteiger partial charge is 0.454 e. The molecule has 0 spiro atoms. The van der Waals surface area contributed by atoms with E-state index in [-0.39, 0.29) is 30.8 Å². The third-order valence-electron chi connectivity index (χ3n) is 5.52. The van der Waals surface area contributed by atoms with Crippen LogP contribution in [-0.4, -0.2) is 23.5 Å². The van der Waals surface area contributed by atoms with E-state index in [0.717, 1.165) is 5.56 Å². The lowest BCUT2D eigenvalue weighted by Gasteiger charge is -2.28. The van der Waals surface area contributed by atoms with Crippen molar-refractivity contribution in [3.63, 3.8) is 0 Å². The number of nitrogens with zero attached hydrogens (tertiary/aromatic N) is 1. The van der Waals surface area contributed by atoms with Crippen molar-refractivity contribution in [1.82, 2.24) is 4.90 Å². The lowest BCUT2D eigenvalue weighted by molar-refractivity contribution is -0.117. The SMILES string of the molecule is O=C(C[C@@H](c1ccc(F)cc1)N1Cc2ccccc2C1=O)Nc1ccc2c(c1)OCO2. The second-order valence-corrected chi connectivity index (χ2v) is 7.48. The van der Waals surface area contributed by atoms with E-state index >= 15 is 0 Å². The lowest BCUT2D eigenvalue weighted by Crippen LogP contribution is -2.32. The van der Waals surface area contributed by atoms with Gasteiger partial charge in [0.2, 0.25) is 12.7 Å². The predicted molar refractivity (Wildman–Crippen MR) is 111 cm³/mol. The predicted octanol–water partition coefficient (Wildman–Crippen LogP) is 4.28. The van der Waals surface area contributed by atoms with Gasteiger partial charge in [0.25, 0.3) is 5.91 Å². The summed E-state index contributed by atoms with van der Waals surface area (Å²) in [5.74, 6) is 0.418. The molecule has 3 aromatic rings. The Morgan fingerprint density at radius 1 is 1.03 bits per heavy atom. The Bertz CT molecular complexity index is 1160. The van der Waals surface area contributed by atoms with Crippen molar-refractivity contribution >= 4 is 17.5 Å². The Morgan fingerprint density at radius 2 is 1.81 bits per heavy atom. The van der Waals surface area contributed by atoms with Gasteiger partial charge in [-0.05, 0) is 41.5 Å². The van der Waals surface area contributed by atoms with Crippen LogP contribution in [0.5, 0.6) is 11.5 Å². The van der Waals surface area contributed by atoms with Crippen LogP contribution in [0.1, 0.15) is 33.9 Å². The molecular weight excluding hydrogens is 399 g/mol. The molecule has 2 amide bonds. The smallest absolute Gasteiger partial charge is 0.255 e. The van der Waals surface area contributed by atoms with Crippen LogP contribution in [0.15, 0.2) is 66.7 Å². The molecule has 1 N–H and O–H groups in total. The third kappa shape index (κ3) is 3.70. The van der Waals surface area contributed by atoms with Crippen LogP contribution in [0.4, 0.5) is 10.1 Å². The molecule has 5 rings (SSSR count). The van der Waals surface area contributed by atoms with Gasteiger partial charge in [-0.15, -0.1) is 0 Å². The van der Waals surface area contributed by atoms with Gasteiger partial charge in [-0.3, -0.25) is 9.59 Å². The standard InChI is InChI=1S/C24H19FN2O4/c25-17-7-5-15(6-8-17)20(27-13-16-3-1-2-4-19(16)24(27)29)12-23(28)26-18-9-10-21-22(11-18)31-14-30-21/h1-11,20H,12-14H2,(H,26,28)/t20-/m0/s1. The highest BCUT2D eigenvalue weighted by Crippen LogP contribution is 2.36.